The first-order valence-corrected chi connectivity index (χ1v) is 6.91. The molecule has 1 aromatic rings. The smallest absolute Gasteiger partial charge is 0.261 e. The minimum atomic E-state index is -0.104. The van der Waals surface area contributed by atoms with Crippen LogP contribution in [-0.4, -0.2) is 37.4 Å². The Labute approximate surface area is 117 Å². The number of carbonyl (C=O) groups is 1. The monoisotopic (exact) mass is 281 g/mol. The van der Waals surface area contributed by atoms with Crippen LogP contribution in [0.15, 0.2) is 6.07 Å². The third-order valence-corrected chi connectivity index (χ3v) is 3.68. The van der Waals surface area contributed by atoms with Crippen LogP contribution in [-0.2, 0) is 4.74 Å². The molecule has 5 heteroatoms. The van der Waals surface area contributed by atoms with Gasteiger partial charge < -0.3 is 15.2 Å². The Balaban J connectivity index is 2.67. The van der Waals surface area contributed by atoms with Crippen molar-refractivity contribution < 1.29 is 14.6 Å². The number of rotatable bonds is 5. The van der Waals surface area contributed by atoms with E-state index in [9.17, 15) is 4.79 Å². The van der Waals surface area contributed by atoms with Gasteiger partial charge in [-0.15, -0.1) is 11.3 Å². The van der Waals surface area contributed by atoms with E-state index in [0.29, 0.717) is 17.8 Å². The fourth-order valence-corrected chi connectivity index (χ4v) is 2.29. The minimum Gasteiger partial charge on any atom is -0.395 e. The van der Waals surface area contributed by atoms with E-state index in [2.05, 4.69) is 17.2 Å². The molecule has 1 rings (SSSR count). The van der Waals surface area contributed by atoms with Crippen LogP contribution in [0.25, 0.3) is 0 Å². The second kappa shape index (κ2) is 7.95. The molecule has 0 radical (unpaired) electrons. The third-order valence-electron chi connectivity index (χ3n) is 2.53. The highest BCUT2D eigenvalue weighted by Gasteiger charge is 2.12. The summed E-state index contributed by atoms with van der Waals surface area (Å²) in [6.07, 6.45) is 0.443. The third kappa shape index (κ3) is 5.03. The Hall–Kier alpha value is -1.35. The van der Waals surface area contributed by atoms with Crippen molar-refractivity contribution in [3.63, 3.8) is 0 Å². The molecule has 0 saturated carbocycles. The normalized spacial score (nSPS) is 11.6. The first-order valence-electron chi connectivity index (χ1n) is 6.09. The van der Waals surface area contributed by atoms with Gasteiger partial charge in [0.2, 0.25) is 0 Å². The number of ether oxygens (including phenoxy) is 1. The molecule has 0 saturated heterocycles. The predicted octanol–water partition coefficient (Wildman–Crippen LogP) is 1.56. The second-order valence-electron chi connectivity index (χ2n) is 4.15. The lowest BCUT2D eigenvalue weighted by atomic mass is 10.2. The second-order valence-corrected chi connectivity index (χ2v) is 5.21. The molecule has 19 heavy (non-hydrogen) atoms. The molecule has 2 N–H and O–H groups in total. The SMILES string of the molecule is COC(C)CNC(=O)c1cc(C)c(C#CCCO)s1. The van der Waals surface area contributed by atoms with E-state index in [1.165, 1.54) is 11.3 Å². The van der Waals surface area contributed by atoms with Gasteiger partial charge in [-0.05, 0) is 25.5 Å². The van der Waals surface area contributed by atoms with E-state index in [4.69, 9.17) is 9.84 Å². The van der Waals surface area contributed by atoms with Crippen LogP contribution >= 0.6 is 11.3 Å². The fourth-order valence-electron chi connectivity index (χ4n) is 1.32. The Morgan fingerprint density at radius 1 is 1.63 bits per heavy atom. The average Bonchev–Trinajstić information content (AvgIpc) is 2.77. The van der Waals surface area contributed by atoms with Gasteiger partial charge in [-0.2, -0.15) is 0 Å². The lowest BCUT2D eigenvalue weighted by Crippen LogP contribution is -2.31. The van der Waals surface area contributed by atoms with Gasteiger partial charge in [0.1, 0.15) is 0 Å². The van der Waals surface area contributed by atoms with Crippen molar-refractivity contribution in [1.29, 1.82) is 0 Å². The predicted molar refractivity (Wildman–Crippen MR) is 76.4 cm³/mol. The molecule has 1 atom stereocenters. The molecular formula is C14H19NO3S. The van der Waals surface area contributed by atoms with E-state index in [0.717, 1.165) is 10.4 Å². The molecular weight excluding hydrogens is 262 g/mol. The van der Waals surface area contributed by atoms with E-state index in [-0.39, 0.29) is 18.6 Å². The van der Waals surface area contributed by atoms with Crippen molar-refractivity contribution >= 4 is 17.2 Å². The van der Waals surface area contributed by atoms with E-state index in [1.807, 2.05) is 19.9 Å². The summed E-state index contributed by atoms with van der Waals surface area (Å²) in [5, 5.41) is 11.5. The maximum absolute atomic E-state index is 11.9. The van der Waals surface area contributed by atoms with E-state index >= 15 is 0 Å². The highest BCUT2D eigenvalue weighted by molar-refractivity contribution is 7.14. The lowest BCUT2D eigenvalue weighted by Gasteiger charge is -2.09. The van der Waals surface area contributed by atoms with Gasteiger partial charge in [0.15, 0.2) is 0 Å². The van der Waals surface area contributed by atoms with Gasteiger partial charge in [-0.25, -0.2) is 0 Å². The number of methoxy groups -OCH3 is 1. The molecule has 0 bridgehead atoms. The molecule has 1 unspecified atom stereocenters. The van der Waals surface area contributed by atoms with Crippen LogP contribution in [0.4, 0.5) is 0 Å². The molecule has 0 fully saturated rings. The zero-order valence-corrected chi connectivity index (χ0v) is 12.3. The minimum absolute atomic E-state index is 0.00572. The van der Waals surface area contributed by atoms with Crippen LogP contribution in [0, 0.1) is 18.8 Å². The molecule has 1 amide bonds. The highest BCUT2D eigenvalue weighted by Crippen LogP contribution is 2.20. The van der Waals surface area contributed by atoms with Gasteiger partial charge in [-0.3, -0.25) is 4.79 Å². The quantitative estimate of drug-likeness (QED) is 0.805. The number of aliphatic hydroxyl groups is 1. The number of hydrogen-bond donors (Lipinski definition) is 2. The Morgan fingerprint density at radius 3 is 3.00 bits per heavy atom. The van der Waals surface area contributed by atoms with Gasteiger partial charge >= 0.3 is 0 Å². The number of nitrogens with one attached hydrogen (secondary N) is 1. The molecule has 104 valence electrons. The van der Waals surface area contributed by atoms with Crippen LogP contribution in [0.2, 0.25) is 0 Å². The van der Waals surface area contributed by atoms with E-state index in [1.54, 1.807) is 7.11 Å². The Bertz CT molecular complexity index is 485. The van der Waals surface area contributed by atoms with Crippen LogP contribution < -0.4 is 5.32 Å². The van der Waals surface area contributed by atoms with Crippen molar-refractivity contribution in [3.05, 3.63) is 21.4 Å². The fraction of sp³-hybridized carbons (Fsp3) is 0.500. The highest BCUT2D eigenvalue weighted by atomic mass is 32.1. The summed E-state index contributed by atoms with van der Waals surface area (Å²) < 4.78 is 5.07. The van der Waals surface area contributed by atoms with Crippen molar-refractivity contribution in [3.8, 4) is 11.8 Å². The number of thiophene rings is 1. The largest absolute Gasteiger partial charge is 0.395 e. The molecule has 1 aromatic heterocycles. The van der Waals surface area contributed by atoms with Gasteiger partial charge in [0, 0.05) is 20.1 Å². The number of aryl methyl sites for hydroxylation is 1. The molecule has 1 heterocycles. The molecule has 0 aliphatic carbocycles. The van der Waals surface area contributed by atoms with Crippen LogP contribution in [0.1, 0.15) is 33.5 Å². The summed E-state index contributed by atoms with van der Waals surface area (Å²) >= 11 is 1.37. The number of aliphatic hydroxyl groups excluding tert-OH is 1. The van der Waals surface area contributed by atoms with Crippen molar-refractivity contribution in [2.24, 2.45) is 0 Å². The molecule has 0 aliphatic rings. The average molecular weight is 281 g/mol. The van der Waals surface area contributed by atoms with Crippen molar-refractivity contribution in [2.45, 2.75) is 26.4 Å². The van der Waals surface area contributed by atoms with Crippen LogP contribution in [0.5, 0.6) is 0 Å². The van der Waals surface area contributed by atoms with Crippen LogP contribution in [0.3, 0.4) is 0 Å². The number of amides is 1. The summed E-state index contributed by atoms with van der Waals surface area (Å²) in [5.74, 6) is 5.73. The Morgan fingerprint density at radius 2 is 2.37 bits per heavy atom. The van der Waals surface area contributed by atoms with Crippen molar-refractivity contribution in [2.75, 3.05) is 20.3 Å². The summed E-state index contributed by atoms with van der Waals surface area (Å²) in [5.41, 5.74) is 0.986. The Kier molecular flexibility index (Phi) is 6.57. The zero-order chi connectivity index (χ0) is 14.3. The van der Waals surface area contributed by atoms with Gasteiger partial charge in [-0.1, -0.05) is 11.8 Å². The lowest BCUT2D eigenvalue weighted by molar-refractivity contribution is 0.0874. The summed E-state index contributed by atoms with van der Waals surface area (Å²) in [4.78, 5) is 13.4. The molecule has 0 spiro atoms. The van der Waals surface area contributed by atoms with E-state index < -0.39 is 0 Å². The maximum atomic E-state index is 11.9. The first-order chi connectivity index (χ1) is 9.08. The first kappa shape index (κ1) is 15.7. The van der Waals surface area contributed by atoms with Crippen molar-refractivity contribution in [1.82, 2.24) is 5.32 Å². The molecule has 4 nitrogen and oxygen atoms in total. The zero-order valence-electron chi connectivity index (χ0n) is 11.4. The van der Waals surface area contributed by atoms with Gasteiger partial charge in [0.05, 0.1) is 22.5 Å². The van der Waals surface area contributed by atoms with Gasteiger partial charge in [0.25, 0.3) is 5.91 Å². The number of hydrogen-bond acceptors (Lipinski definition) is 4. The number of carbonyl (C=O) groups excluding carboxylic acids is 1. The molecule has 0 aromatic carbocycles. The summed E-state index contributed by atoms with van der Waals surface area (Å²) in [7, 11) is 1.61. The summed E-state index contributed by atoms with van der Waals surface area (Å²) in [6.45, 7) is 4.36. The topological polar surface area (TPSA) is 58.6 Å². The standard InChI is InChI=1S/C14H19NO3S/c1-10-8-13(14(17)15-9-11(2)18-3)19-12(10)6-4-5-7-16/h8,11,16H,5,7,9H2,1-3H3,(H,15,17). The summed E-state index contributed by atoms with van der Waals surface area (Å²) in [6, 6.07) is 1.83. The maximum Gasteiger partial charge on any atom is 0.261 e. The molecule has 0 aliphatic heterocycles.